The van der Waals surface area contributed by atoms with Crippen LogP contribution in [0.2, 0.25) is 0 Å². The first kappa shape index (κ1) is 17.2. The van der Waals surface area contributed by atoms with Crippen molar-refractivity contribution < 1.29 is 0 Å². The molecule has 8 aromatic rings. The quantitative estimate of drug-likeness (QED) is 0.251. The second-order valence-electron chi connectivity index (χ2n) is 9.05. The van der Waals surface area contributed by atoms with Gasteiger partial charge in [0, 0.05) is 21.5 Å². The molecule has 2 heterocycles. The van der Waals surface area contributed by atoms with Crippen LogP contribution in [0.15, 0.2) is 115 Å². The summed E-state index contributed by atoms with van der Waals surface area (Å²) in [5.74, 6) is 0. The predicted molar refractivity (Wildman–Crippen MR) is 142 cm³/mol. The summed E-state index contributed by atoms with van der Waals surface area (Å²) >= 11 is 0. The van der Waals surface area contributed by atoms with E-state index in [1.807, 2.05) is 0 Å². The topological polar surface area (TPSA) is 4.41 Å². The largest absolute Gasteiger partial charge is 0.308 e. The van der Waals surface area contributed by atoms with Gasteiger partial charge in [-0.3, -0.25) is 0 Å². The van der Waals surface area contributed by atoms with Gasteiger partial charge < -0.3 is 4.40 Å². The van der Waals surface area contributed by atoms with Gasteiger partial charge in [0.15, 0.2) is 0 Å². The van der Waals surface area contributed by atoms with Gasteiger partial charge >= 0.3 is 0 Å². The van der Waals surface area contributed by atoms with Crippen LogP contribution < -0.4 is 0 Å². The van der Waals surface area contributed by atoms with E-state index in [4.69, 9.17) is 0 Å². The van der Waals surface area contributed by atoms with Gasteiger partial charge in [0.1, 0.15) is 0 Å². The van der Waals surface area contributed by atoms with E-state index < -0.39 is 0 Å². The highest BCUT2D eigenvalue weighted by Gasteiger charge is 2.18. The van der Waals surface area contributed by atoms with Gasteiger partial charge in [0.05, 0.1) is 16.6 Å². The highest BCUT2D eigenvalue weighted by Crippen LogP contribution is 2.41. The van der Waals surface area contributed by atoms with Crippen molar-refractivity contribution in [1.29, 1.82) is 0 Å². The monoisotopic (exact) mass is 417 g/mol. The summed E-state index contributed by atoms with van der Waals surface area (Å²) in [6.07, 6.45) is 0. The lowest BCUT2D eigenvalue weighted by molar-refractivity contribution is 1.38. The Kier molecular flexibility index (Phi) is 3.19. The Hall–Kier alpha value is -4.36. The second kappa shape index (κ2) is 6.11. The molecule has 0 fully saturated rings. The molecule has 1 heteroatoms. The fourth-order valence-corrected chi connectivity index (χ4v) is 5.72. The first-order valence-corrected chi connectivity index (χ1v) is 11.5. The zero-order valence-corrected chi connectivity index (χ0v) is 17.9. The van der Waals surface area contributed by atoms with Crippen LogP contribution in [-0.2, 0) is 0 Å². The summed E-state index contributed by atoms with van der Waals surface area (Å²) in [5, 5.41) is 10.5. The van der Waals surface area contributed by atoms with Crippen LogP contribution in [0.25, 0.3) is 70.8 Å². The van der Waals surface area contributed by atoms with Crippen molar-refractivity contribution in [2.24, 2.45) is 0 Å². The van der Waals surface area contributed by atoms with Crippen molar-refractivity contribution in [2.75, 3.05) is 0 Å². The zero-order chi connectivity index (χ0) is 21.5. The standard InChI is InChI=1S/C32H19N/c1-2-7-20(8-3-1)23-13-14-24-17-29-27-12-6-11-26-28-16-21-9-4-5-10-22(21)18-30(28)33(32(26)27)31(29)19-25(24)15-23/h1-19H. The Balaban J connectivity index is 1.54. The van der Waals surface area contributed by atoms with Gasteiger partial charge in [-0.05, 0) is 63.0 Å². The van der Waals surface area contributed by atoms with Crippen molar-refractivity contribution in [2.45, 2.75) is 0 Å². The number of para-hydroxylation sites is 1. The molecule has 0 unspecified atom stereocenters. The fourth-order valence-electron chi connectivity index (χ4n) is 5.72. The molecule has 6 aromatic carbocycles. The number of nitrogens with zero attached hydrogens (tertiary/aromatic N) is 1. The van der Waals surface area contributed by atoms with Gasteiger partial charge in [-0.1, -0.05) is 84.9 Å². The zero-order valence-electron chi connectivity index (χ0n) is 17.9. The van der Waals surface area contributed by atoms with Gasteiger partial charge in [-0.2, -0.15) is 0 Å². The van der Waals surface area contributed by atoms with Gasteiger partial charge in [-0.15, -0.1) is 0 Å². The molecule has 2 aromatic heterocycles. The summed E-state index contributed by atoms with van der Waals surface area (Å²) in [6, 6.07) is 42.3. The van der Waals surface area contributed by atoms with E-state index in [-0.39, 0.29) is 0 Å². The van der Waals surface area contributed by atoms with Crippen LogP contribution in [0.1, 0.15) is 0 Å². The summed E-state index contributed by atoms with van der Waals surface area (Å²) in [4.78, 5) is 0. The average molecular weight is 418 g/mol. The minimum absolute atomic E-state index is 1.25. The van der Waals surface area contributed by atoms with Gasteiger partial charge in [-0.25, -0.2) is 0 Å². The number of rotatable bonds is 1. The van der Waals surface area contributed by atoms with Crippen LogP contribution >= 0.6 is 0 Å². The number of fused-ring (bicyclic) bond motifs is 8. The lowest BCUT2D eigenvalue weighted by Crippen LogP contribution is -1.83. The molecule has 0 saturated heterocycles. The SMILES string of the molecule is c1ccc(-c2ccc3cc4c5cccc6c7cc8ccccc8cc7n(c4cc3c2)c65)cc1. The molecule has 0 atom stereocenters. The Labute approximate surface area is 190 Å². The Morgan fingerprint density at radius 3 is 1.70 bits per heavy atom. The first-order chi connectivity index (χ1) is 16.3. The minimum Gasteiger partial charge on any atom is -0.308 e. The maximum absolute atomic E-state index is 2.48. The Bertz CT molecular complexity index is 2010. The van der Waals surface area contributed by atoms with E-state index in [2.05, 4.69) is 120 Å². The van der Waals surface area contributed by atoms with Crippen LogP contribution in [0, 0.1) is 0 Å². The third kappa shape index (κ3) is 2.26. The van der Waals surface area contributed by atoms with E-state index in [1.54, 1.807) is 0 Å². The molecule has 0 N–H and O–H groups in total. The Morgan fingerprint density at radius 1 is 0.364 bits per heavy atom. The highest BCUT2D eigenvalue weighted by molar-refractivity contribution is 6.25. The van der Waals surface area contributed by atoms with Crippen LogP contribution in [0.3, 0.4) is 0 Å². The summed E-state index contributed by atoms with van der Waals surface area (Å²) in [5.41, 5.74) is 6.41. The Morgan fingerprint density at radius 2 is 0.970 bits per heavy atom. The average Bonchev–Trinajstić information content (AvgIpc) is 3.37. The number of hydrogen-bond donors (Lipinski definition) is 0. The van der Waals surface area contributed by atoms with E-state index in [0.29, 0.717) is 0 Å². The molecule has 0 amide bonds. The molecule has 33 heavy (non-hydrogen) atoms. The molecular weight excluding hydrogens is 398 g/mol. The van der Waals surface area contributed by atoms with Crippen molar-refractivity contribution >= 4 is 59.6 Å². The maximum Gasteiger partial charge on any atom is 0.0620 e. The molecule has 8 rings (SSSR count). The van der Waals surface area contributed by atoms with Gasteiger partial charge in [0.2, 0.25) is 0 Å². The lowest BCUT2D eigenvalue weighted by Gasteiger charge is -2.06. The van der Waals surface area contributed by atoms with Gasteiger partial charge in [0.25, 0.3) is 0 Å². The maximum atomic E-state index is 2.48. The number of aromatic nitrogens is 1. The van der Waals surface area contributed by atoms with E-state index in [9.17, 15) is 0 Å². The van der Waals surface area contributed by atoms with Crippen molar-refractivity contribution in [1.82, 2.24) is 4.40 Å². The predicted octanol–water partition coefficient (Wildman–Crippen LogP) is 8.81. The summed E-state index contributed by atoms with van der Waals surface area (Å²) in [7, 11) is 0. The minimum atomic E-state index is 1.25. The van der Waals surface area contributed by atoms with Crippen LogP contribution in [-0.4, -0.2) is 4.40 Å². The third-order valence-electron chi connectivity index (χ3n) is 7.25. The van der Waals surface area contributed by atoms with E-state index >= 15 is 0 Å². The third-order valence-corrected chi connectivity index (χ3v) is 7.25. The van der Waals surface area contributed by atoms with Crippen molar-refractivity contribution in [3.05, 3.63) is 115 Å². The van der Waals surface area contributed by atoms with E-state index in [1.165, 1.54) is 70.8 Å². The second-order valence-corrected chi connectivity index (χ2v) is 9.05. The first-order valence-electron chi connectivity index (χ1n) is 11.5. The molecule has 0 spiro atoms. The van der Waals surface area contributed by atoms with Crippen LogP contribution in [0.5, 0.6) is 0 Å². The summed E-state index contributed by atoms with van der Waals surface area (Å²) in [6.45, 7) is 0. The molecule has 0 aliphatic heterocycles. The molecule has 0 bridgehead atoms. The normalized spacial score (nSPS) is 12.2. The number of benzene rings is 6. The van der Waals surface area contributed by atoms with Crippen molar-refractivity contribution in [3.8, 4) is 11.1 Å². The fraction of sp³-hybridized carbons (Fsp3) is 0. The molecule has 152 valence electrons. The molecule has 0 saturated carbocycles. The number of hydrogen-bond acceptors (Lipinski definition) is 0. The highest BCUT2D eigenvalue weighted by atomic mass is 14.9. The summed E-state index contributed by atoms with van der Waals surface area (Å²) < 4.78 is 2.48. The molecule has 0 aliphatic rings. The van der Waals surface area contributed by atoms with E-state index in [0.717, 1.165) is 0 Å². The smallest absolute Gasteiger partial charge is 0.0620 e. The van der Waals surface area contributed by atoms with Crippen molar-refractivity contribution in [3.63, 3.8) is 0 Å². The molecular formula is C32H19N. The molecule has 1 nitrogen and oxygen atoms in total. The molecule has 0 radical (unpaired) electrons. The van der Waals surface area contributed by atoms with Crippen LogP contribution in [0.4, 0.5) is 0 Å². The lowest BCUT2D eigenvalue weighted by atomic mass is 9.99. The molecule has 0 aliphatic carbocycles.